The van der Waals surface area contributed by atoms with Crippen LogP contribution >= 0.6 is 0 Å². The number of ether oxygens (including phenoxy) is 6. The van der Waals surface area contributed by atoms with Gasteiger partial charge in [-0.2, -0.15) is 0 Å². The Bertz CT molecular complexity index is 853. The van der Waals surface area contributed by atoms with Gasteiger partial charge in [-0.3, -0.25) is 4.79 Å². The summed E-state index contributed by atoms with van der Waals surface area (Å²) in [7, 11) is 0. The molecule has 3 aliphatic rings. The monoisotopic (exact) mass is 582 g/mol. The first-order valence-electron chi connectivity index (χ1n) is 12.8. The quantitative estimate of drug-likeness (QED) is 0.0499. The smallest absolute Gasteiger partial charge is 0.217 e. The molecule has 3 saturated heterocycles. The maximum atomic E-state index is 12.2. The van der Waals surface area contributed by atoms with Crippen LogP contribution < -0.4 is 5.32 Å². The van der Waals surface area contributed by atoms with E-state index in [1.807, 2.05) is 0 Å². The van der Waals surface area contributed by atoms with Crippen molar-refractivity contribution in [1.82, 2.24) is 5.32 Å². The fourth-order valence-corrected chi connectivity index (χ4v) is 4.78. The van der Waals surface area contributed by atoms with E-state index in [9.17, 15) is 40.5 Å². The molecule has 6 unspecified atom stereocenters. The third-order valence-corrected chi connectivity index (χ3v) is 6.86. The van der Waals surface area contributed by atoms with Crippen molar-refractivity contribution < 1.29 is 69.0 Å². The molecule has 0 saturated carbocycles. The second-order valence-electron chi connectivity index (χ2n) is 9.74. The molecular formula is C22H38N4O14. The van der Waals surface area contributed by atoms with E-state index in [1.165, 1.54) is 13.8 Å². The molecule has 0 aromatic carbocycles. The number of aliphatic hydroxyl groups excluding tert-OH is 7. The van der Waals surface area contributed by atoms with Crippen molar-refractivity contribution in [1.29, 1.82) is 0 Å². The maximum absolute atomic E-state index is 12.2. The summed E-state index contributed by atoms with van der Waals surface area (Å²) in [4.78, 5) is 14.8. The van der Waals surface area contributed by atoms with E-state index < -0.39 is 105 Å². The third kappa shape index (κ3) is 7.75. The molecule has 1 amide bonds. The lowest BCUT2D eigenvalue weighted by Crippen LogP contribution is -2.69. The van der Waals surface area contributed by atoms with Crippen molar-refractivity contribution in [2.24, 2.45) is 5.11 Å². The summed E-state index contributed by atoms with van der Waals surface area (Å²) in [6, 6.07) is -1.18. The summed E-state index contributed by atoms with van der Waals surface area (Å²) in [5.74, 6) is -0.548. The molecule has 14 atom stereocenters. The average molecular weight is 583 g/mol. The summed E-state index contributed by atoms with van der Waals surface area (Å²) >= 11 is 0. The molecule has 0 spiro atoms. The van der Waals surface area contributed by atoms with Gasteiger partial charge in [-0.1, -0.05) is 5.11 Å². The van der Waals surface area contributed by atoms with Crippen molar-refractivity contribution in [3.63, 3.8) is 0 Å². The minimum Gasteiger partial charge on any atom is -0.394 e. The van der Waals surface area contributed by atoms with E-state index in [2.05, 4.69) is 15.3 Å². The molecule has 0 radical (unpaired) electrons. The number of azide groups is 1. The SMILES string of the molecule is CC(=O)NC1[C@H](OCCN=[N+]=[N-])OC(CO)[C@H](O[C@@H]2OC(CO)[C@H](O)[C@H](O)C2O)[C@@H]1OC1CC(O)[C@@H](O)[C@@H](C)O1. The second kappa shape index (κ2) is 14.9. The molecule has 18 nitrogen and oxygen atoms in total. The maximum Gasteiger partial charge on any atom is 0.217 e. The predicted molar refractivity (Wildman–Crippen MR) is 128 cm³/mol. The fraction of sp³-hybridized carbons (Fsp3) is 0.955. The number of hydrogen-bond donors (Lipinski definition) is 8. The molecular weight excluding hydrogens is 544 g/mol. The van der Waals surface area contributed by atoms with Crippen molar-refractivity contribution in [3.05, 3.63) is 10.4 Å². The van der Waals surface area contributed by atoms with Crippen LogP contribution in [0.4, 0.5) is 0 Å². The Kier molecular flexibility index (Phi) is 12.2. The largest absolute Gasteiger partial charge is 0.394 e. The van der Waals surface area contributed by atoms with Crippen molar-refractivity contribution in [3.8, 4) is 0 Å². The van der Waals surface area contributed by atoms with Crippen molar-refractivity contribution in [2.75, 3.05) is 26.4 Å². The number of nitrogens with zero attached hydrogens (tertiary/aromatic N) is 3. The summed E-state index contributed by atoms with van der Waals surface area (Å²) in [5, 5.41) is 77.0. The lowest BCUT2D eigenvalue weighted by molar-refractivity contribution is -0.365. The number of carbonyl (C=O) groups excluding carboxylic acids is 1. The Morgan fingerprint density at radius 2 is 1.62 bits per heavy atom. The van der Waals surface area contributed by atoms with Crippen LogP contribution in [-0.4, -0.2) is 154 Å². The predicted octanol–water partition coefficient (Wildman–Crippen LogP) is -4.04. The van der Waals surface area contributed by atoms with Crippen molar-refractivity contribution in [2.45, 2.75) is 106 Å². The first kappa shape index (κ1) is 32.8. The first-order valence-corrected chi connectivity index (χ1v) is 12.8. The normalized spacial score (nSPS) is 44.0. The zero-order chi connectivity index (χ0) is 29.6. The van der Waals surface area contributed by atoms with Crippen LogP contribution in [0.2, 0.25) is 0 Å². The third-order valence-electron chi connectivity index (χ3n) is 6.86. The minimum atomic E-state index is -1.81. The topological polar surface area (TPSA) is 275 Å². The van der Waals surface area contributed by atoms with Gasteiger partial charge in [0.05, 0.1) is 32.0 Å². The number of aliphatic hydroxyl groups is 7. The molecule has 18 heteroatoms. The van der Waals surface area contributed by atoms with Gasteiger partial charge in [0.15, 0.2) is 18.9 Å². The fourth-order valence-electron chi connectivity index (χ4n) is 4.78. The standard InChI is InChI=1S/C22H38N4O14/c1-8-15(31)10(30)5-13(36-8)39-20-14(25-9(2)29)21(35-4-3-24-26-23)38-12(7-28)19(20)40-22-18(34)17(33)16(32)11(6-27)37-22/h8,10-22,27-28,30-34H,3-7H2,1-2H3,(H,25,29)/t8-,10?,11?,12?,13?,14?,15+,16+,17+,18?,19+,20-,21-,22+/m1/s1. The summed E-state index contributed by atoms with van der Waals surface area (Å²) in [6.45, 7) is 1.07. The van der Waals surface area contributed by atoms with Crippen LogP contribution in [0.15, 0.2) is 5.11 Å². The Morgan fingerprint density at radius 1 is 0.950 bits per heavy atom. The van der Waals surface area contributed by atoms with Crippen LogP contribution in [0.1, 0.15) is 20.3 Å². The molecule has 3 rings (SSSR count). The number of nitrogens with one attached hydrogen (secondary N) is 1. The molecule has 0 aromatic rings. The van der Waals surface area contributed by atoms with Gasteiger partial charge < -0.3 is 69.5 Å². The van der Waals surface area contributed by atoms with Gasteiger partial charge in [0, 0.05) is 24.8 Å². The van der Waals surface area contributed by atoms with E-state index in [0.29, 0.717) is 0 Å². The van der Waals surface area contributed by atoms with Gasteiger partial charge in [-0.25, -0.2) is 0 Å². The van der Waals surface area contributed by atoms with Gasteiger partial charge in [-0.05, 0) is 12.5 Å². The average Bonchev–Trinajstić information content (AvgIpc) is 2.91. The molecule has 0 aromatic heterocycles. The van der Waals surface area contributed by atoms with Crippen LogP contribution in [0.3, 0.4) is 0 Å². The van der Waals surface area contributed by atoms with Crippen LogP contribution in [0.25, 0.3) is 10.4 Å². The summed E-state index contributed by atoms with van der Waals surface area (Å²) in [6.07, 6.45) is -18.0. The van der Waals surface area contributed by atoms with Crippen LogP contribution in [0, 0.1) is 0 Å². The Hall–Kier alpha value is -1.74. The Balaban J connectivity index is 1.94. The highest BCUT2D eigenvalue weighted by molar-refractivity contribution is 5.73. The van der Waals surface area contributed by atoms with Gasteiger partial charge in [0.25, 0.3) is 0 Å². The van der Waals surface area contributed by atoms with E-state index in [1.54, 1.807) is 0 Å². The zero-order valence-corrected chi connectivity index (χ0v) is 21.9. The van der Waals surface area contributed by atoms with E-state index in [0.717, 1.165) is 0 Å². The van der Waals surface area contributed by atoms with Gasteiger partial charge in [0.1, 0.15) is 54.9 Å². The highest BCUT2D eigenvalue weighted by Gasteiger charge is 2.53. The summed E-state index contributed by atoms with van der Waals surface area (Å²) < 4.78 is 34.7. The first-order chi connectivity index (χ1) is 19.0. The molecule has 3 fully saturated rings. The van der Waals surface area contributed by atoms with Gasteiger partial charge in [-0.15, -0.1) is 0 Å². The minimum absolute atomic E-state index is 0.0867. The summed E-state index contributed by atoms with van der Waals surface area (Å²) in [5.41, 5.74) is 8.53. The number of carbonyl (C=O) groups is 1. The molecule has 8 N–H and O–H groups in total. The second-order valence-corrected chi connectivity index (χ2v) is 9.74. The lowest BCUT2D eigenvalue weighted by atomic mass is 9.94. The van der Waals surface area contributed by atoms with Crippen LogP contribution in [0.5, 0.6) is 0 Å². The van der Waals surface area contributed by atoms with E-state index in [-0.39, 0.29) is 19.6 Å². The number of amides is 1. The Labute approximate surface area is 228 Å². The van der Waals surface area contributed by atoms with E-state index in [4.69, 9.17) is 34.0 Å². The molecule has 230 valence electrons. The molecule has 3 aliphatic heterocycles. The number of rotatable bonds is 11. The zero-order valence-electron chi connectivity index (χ0n) is 21.9. The van der Waals surface area contributed by atoms with E-state index >= 15 is 0 Å². The molecule has 3 heterocycles. The molecule has 0 bridgehead atoms. The highest BCUT2D eigenvalue weighted by Crippen LogP contribution is 2.33. The van der Waals surface area contributed by atoms with Gasteiger partial charge in [0.2, 0.25) is 5.91 Å². The Morgan fingerprint density at radius 3 is 2.23 bits per heavy atom. The number of hydrogen-bond acceptors (Lipinski definition) is 15. The van der Waals surface area contributed by atoms with Crippen LogP contribution in [-0.2, 0) is 33.2 Å². The highest BCUT2D eigenvalue weighted by atomic mass is 16.8. The van der Waals surface area contributed by atoms with Gasteiger partial charge >= 0.3 is 0 Å². The molecule has 0 aliphatic carbocycles. The van der Waals surface area contributed by atoms with Crippen molar-refractivity contribution >= 4 is 5.91 Å². The molecule has 40 heavy (non-hydrogen) atoms. The lowest BCUT2D eigenvalue weighted by Gasteiger charge is -2.49.